The second kappa shape index (κ2) is 9.32. The third kappa shape index (κ3) is 5.70. The van der Waals surface area contributed by atoms with E-state index in [0.29, 0.717) is 0 Å². The summed E-state index contributed by atoms with van der Waals surface area (Å²) in [5.41, 5.74) is 3.10. The Kier molecular flexibility index (Phi) is 6.31. The SMILES string of the molecule is CN(C=CN(Cc1ccccn1)Cc1ccccn1)Cc1ccccn1. The second-order valence-electron chi connectivity index (χ2n) is 6.08. The Bertz CT molecular complexity index is 749. The van der Waals surface area contributed by atoms with E-state index in [1.165, 1.54) is 0 Å². The Morgan fingerprint density at radius 2 is 1.12 bits per heavy atom. The molecule has 3 rings (SSSR count). The van der Waals surface area contributed by atoms with Crippen molar-refractivity contribution in [2.45, 2.75) is 19.6 Å². The van der Waals surface area contributed by atoms with Crippen molar-refractivity contribution in [1.82, 2.24) is 24.8 Å². The quantitative estimate of drug-likeness (QED) is 0.625. The van der Waals surface area contributed by atoms with E-state index >= 15 is 0 Å². The maximum absolute atomic E-state index is 4.44. The third-order valence-electron chi connectivity index (χ3n) is 3.85. The molecule has 0 saturated carbocycles. The molecule has 0 radical (unpaired) electrons. The van der Waals surface area contributed by atoms with Crippen LogP contribution in [0.15, 0.2) is 85.6 Å². The van der Waals surface area contributed by atoms with Crippen molar-refractivity contribution in [3.63, 3.8) is 0 Å². The highest BCUT2D eigenvalue weighted by Crippen LogP contribution is 2.08. The van der Waals surface area contributed by atoms with Crippen LogP contribution in [0.2, 0.25) is 0 Å². The molecule has 0 aromatic carbocycles. The summed E-state index contributed by atoms with van der Waals surface area (Å²) in [6.07, 6.45) is 9.63. The average molecular weight is 345 g/mol. The molecule has 3 heterocycles. The highest BCUT2D eigenvalue weighted by atomic mass is 15.2. The summed E-state index contributed by atoms with van der Waals surface area (Å²) < 4.78 is 0. The molecule has 0 fully saturated rings. The van der Waals surface area contributed by atoms with Crippen molar-refractivity contribution < 1.29 is 0 Å². The molecule has 0 aliphatic carbocycles. The maximum Gasteiger partial charge on any atom is 0.0601 e. The molecule has 132 valence electrons. The third-order valence-corrected chi connectivity index (χ3v) is 3.85. The maximum atomic E-state index is 4.44. The van der Waals surface area contributed by atoms with Gasteiger partial charge in [-0.25, -0.2) is 0 Å². The zero-order valence-electron chi connectivity index (χ0n) is 14.9. The lowest BCUT2D eigenvalue weighted by molar-refractivity contribution is 0.338. The van der Waals surface area contributed by atoms with Crippen LogP contribution in [0, 0.1) is 0 Å². The van der Waals surface area contributed by atoms with Crippen molar-refractivity contribution in [1.29, 1.82) is 0 Å². The van der Waals surface area contributed by atoms with Gasteiger partial charge in [0.1, 0.15) is 0 Å². The summed E-state index contributed by atoms with van der Waals surface area (Å²) in [4.78, 5) is 17.6. The van der Waals surface area contributed by atoms with E-state index in [1.54, 1.807) is 0 Å². The van der Waals surface area contributed by atoms with Gasteiger partial charge in [-0.05, 0) is 36.4 Å². The van der Waals surface area contributed by atoms with Crippen molar-refractivity contribution in [3.05, 3.63) is 103 Å². The zero-order valence-corrected chi connectivity index (χ0v) is 14.9. The Hall–Kier alpha value is -3.21. The molecule has 3 aromatic heterocycles. The minimum Gasteiger partial charge on any atom is -0.373 e. The topological polar surface area (TPSA) is 45.2 Å². The van der Waals surface area contributed by atoms with E-state index in [9.17, 15) is 0 Å². The van der Waals surface area contributed by atoms with E-state index < -0.39 is 0 Å². The lowest BCUT2D eigenvalue weighted by atomic mass is 10.3. The predicted octanol–water partition coefficient (Wildman–Crippen LogP) is 3.48. The van der Waals surface area contributed by atoms with E-state index in [4.69, 9.17) is 0 Å². The van der Waals surface area contributed by atoms with Crippen LogP contribution < -0.4 is 0 Å². The normalized spacial score (nSPS) is 10.8. The number of hydrogen-bond acceptors (Lipinski definition) is 5. The van der Waals surface area contributed by atoms with Gasteiger partial charge in [0.2, 0.25) is 0 Å². The van der Waals surface area contributed by atoms with Gasteiger partial charge in [-0.3, -0.25) is 15.0 Å². The summed E-state index contributed by atoms with van der Waals surface area (Å²) in [5, 5.41) is 0. The summed E-state index contributed by atoms with van der Waals surface area (Å²) in [6, 6.07) is 17.9. The van der Waals surface area contributed by atoms with E-state index in [2.05, 4.69) is 37.2 Å². The second-order valence-corrected chi connectivity index (χ2v) is 6.08. The highest BCUT2D eigenvalue weighted by Gasteiger charge is 2.05. The summed E-state index contributed by atoms with van der Waals surface area (Å²) >= 11 is 0. The lowest BCUT2D eigenvalue weighted by Gasteiger charge is -2.21. The van der Waals surface area contributed by atoms with Gasteiger partial charge in [0.05, 0.1) is 36.7 Å². The van der Waals surface area contributed by atoms with Crippen LogP contribution in [0.5, 0.6) is 0 Å². The smallest absolute Gasteiger partial charge is 0.0601 e. The van der Waals surface area contributed by atoms with Crippen LogP contribution in [-0.2, 0) is 19.6 Å². The average Bonchev–Trinajstić information content (AvgIpc) is 2.68. The molecule has 0 bridgehead atoms. The molecule has 5 nitrogen and oxygen atoms in total. The molecule has 0 aliphatic heterocycles. The van der Waals surface area contributed by atoms with Gasteiger partial charge >= 0.3 is 0 Å². The van der Waals surface area contributed by atoms with Crippen molar-refractivity contribution in [2.24, 2.45) is 0 Å². The van der Waals surface area contributed by atoms with Gasteiger partial charge in [0.25, 0.3) is 0 Å². The highest BCUT2D eigenvalue weighted by molar-refractivity contribution is 5.08. The van der Waals surface area contributed by atoms with Gasteiger partial charge in [0.15, 0.2) is 0 Å². The Morgan fingerprint density at radius 3 is 1.54 bits per heavy atom. The summed E-state index contributed by atoms with van der Waals surface area (Å²) in [7, 11) is 2.05. The zero-order chi connectivity index (χ0) is 18.0. The molecule has 0 aliphatic rings. The van der Waals surface area contributed by atoms with E-state index in [-0.39, 0.29) is 0 Å². The Morgan fingerprint density at radius 1 is 0.654 bits per heavy atom. The number of nitrogens with zero attached hydrogens (tertiary/aromatic N) is 5. The minimum absolute atomic E-state index is 0.728. The predicted molar refractivity (Wildman–Crippen MR) is 103 cm³/mol. The van der Waals surface area contributed by atoms with Crippen LogP contribution >= 0.6 is 0 Å². The monoisotopic (exact) mass is 345 g/mol. The number of aromatic nitrogens is 3. The first-order chi connectivity index (χ1) is 12.8. The van der Waals surface area contributed by atoms with Gasteiger partial charge in [-0.15, -0.1) is 0 Å². The molecule has 0 unspecified atom stereocenters. The fraction of sp³-hybridized carbons (Fsp3) is 0.190. The molecule has 0 amide bonds. The molecule has 3 aromatic rings. The first-order valence-electron chi connectivity index (χ1n) is 8.62. The number of hydrogen-bond donors (Lipinski definition) is 0. The van der Waals surface area contributed by atoms with Crippen molar-refractivity contribution >= 4 is 0 Å². The van der Waals surface area contributed by atoms with Crippen molar-refractivity contribution in [2.75, 3.05) is 7.05 Å². The standard InChI is InChI=1S/C21H23N5/c1-25(16-19-8-2-5-11-22-19)14-15-26(17-20-9-3-6-12-23-20)18-21-10-4-7-13-24-21/h2-15H,16-18H2,1H3. The van der Waals surface area contributed by atoms with E-state index in [1.807, 2.05) is 80.2 Å². The number of rotatable bonds is 8. The lowest BCUT2D eigenvalue weighted by Crippen LogP contribution is -2.20. The first kappa shape index (κ1) is 17.6. The Labute approximate surface area is 154 Å². The van der Waals surface area contributed by atoms with Gasteiger partial charge in [0, 0.05) is 38.0 Å². The van der Waals surface area contributed by atoms with Crippen LogP contribution in [0.25, 0.3) is 0 Å². The molecule has 0 atom stereocenters. The fourth-order valence-electron chi connectivity index (χ4n) is 2.57. The van der Waals surface area contributed by atoms with Gasteiger partial charge < -0.3 is 9.80 Å². The van der Waals surface area contributed by atoms with Crippen LogP contribution in [0.4, 0.5) is 0 Å². The molecule has 26 heavy (non-hydrogen) atoms. The van der Waals surface area contributed by atoms with Gasteiger partial charge in [-0.1, -0.05) is 18.2 Å². The fourth-order valence-corrected chi connectivity index (χ4v) is 2.57. The molecule has 0 N–H and O–H groups in total. The molecule has 0 saturated heterocycles. The summed E-state index contributed by atoms with van der Waals surface area (Å²) in [5.74, 6) is 0. The van der Waals surface area contributed by atoms with E-state index in [0.717, 1.165) is 36.7 Å². The van der Waals surface area contributed by atoms with Crippen LogP contribution in [0.3, 0.4) is 0 Å². The largest absolute Gasteiger partial charge is 0.373 e. The van der Waals surface area contributed by atoms with Crippen molar-refractivity contribution in [3.8, 4) is 0 Å². The molecular weight excluding hydrogens is 322 g/mol. The molecular formula is C21H23N5. The number of pyridine rings is 3. The molecule has 0 spiro atoms. The van der Waals surface area contributed by atoms with Crippen LogP contribution in [0.1, 0.15) is 17.1 Å². The Balaban J connectivity index is 1.67. The summed E-state index contributed by atoms with van der Waals surface area (Å²) in [6.45, 7) is 2.22. The van der Waals surface area contributed by atoms with Crippen LogP contribution in [-0.4, -0.2) is 31.8 Å². The molecule has 5 heteroatoms. The minimum atomic E-state index is 0.728. The first-order valence-corrected chi connectivity index (χ1v) is 8.62. The van der Waals surface area contributed by atoms with Gasteiger partial charge in [-0.2, -0.15) is 0 Å².